The second-order valence-corrected chi connectivity index (χ2v) is 8.39. The van der Waals surface area contributed by atoms with Gasteiger partial charge in [0.2, 0.25) is 5.91 Å². The molecule has 3 aromatic carbocycles. The molecule has 0 spiro atoms. The first kappa shape index (κ1) is 20.1. The van der Waals surface area contributed by atoms with Crippen LogP contribution in [0.15, 0.2) is 72.8 Å². The van der Waals surface area contributed by atoms with Gasteiger partial charge in [0.25, 0.3) is 5.91 Å². The van der Waals surface area contributed by atoms with E-state index in [1.807, 2.05) is 48.5 Å². The molecule has 2 saturated heterocycles. The standard InChI is InChI=1S/C24H18Cl2N2O3/c1-14-17(25)12-7-13-19(14)27-23(29)20-21(16-10-5-6-11-18(16)26)28(31-22(20)24(27)30)15-8-3-2-4-9-15/h2-13,20-22H,1H3/t20-,21+,22-/m0/s1. The molecule has 0 saturated carbocycles. The average Bonchev–Trinajstić information content (AvgIpc) is 3.28. The Morgan fingerprint density at radius 2 is 1.48 bits per heavy atom. The van der Waals surface area contributed by atoms with Gasteiger partial charge in [-0.3, -0.25) is 14.4 Å². The van der Waals surface area contributed by atoms with Gasteiger partial charge in [-0.2, -0.15) is 0 Å². The smallest absolute Gasteiger partial charge is 0.266 e. The van der Waals surface area contributed by atoms with Crippen molar-refractivity contribution in [2.45, 2.75) is 19.1 Å². The number of para-hydroxylation sites is 1. The molecule has 0 N–H and O–H groups in total. The van der Waals surface area contributed by atoms with Crippen molar-refractivity contribution in [3.05, 3.63) is 94.0 Å². The Hall–Kier alpha value is -2.86. The minimum absolute atomic E-state index is 0.330. The van der Waals surface area contributed by atoms with Gasteiger partial charge in [-0.05, 0) is 48.4 Å². The van der Waals surface area contributed by atoms with Crippen LogP contribution in [0.1, 0.15) is 17.2 Å². The lowest BCUT2D eigenvalue weighted by Crippen LogP contribution is -2.37. The van der Waals surface area contributed by atoms with Crippen LogP contribution in [0.3, 0.4) is 0 Å². The van der Waals surface area contributed by atoms with E-state index in [4.69, 9.17) is 28.0 Å². The molecule has 2 amide bonds. The van der Waals surface area contributed by atoms with Gasteiger partial charge in [0.1, 0.15) is 5.92 Å². The van der Waals surface area contributed by atoms with Gasteiger partial charge in [-0.1, -0.05) is 65.7 Å². The molecule has 2 heterocycles. The maximum Gasteiger partial charge on any atom is 0.266 e. The van der Waals surface area contributed by atoms with Gasteiger partial charge in [-0.15, -0.1) is 0 Å². The second-order valence-electron chi connectivity index (χ2n) is 7.58. The number of carbonyl (C=O) groups is 2. The lowest BCUT2D eigenvalue weighted by molar-refractivity contribution is -0.126. The molecule has 5 rings (SSSR count). The summed E-state index contributed by atoms with van der Waals surface area (Å²) in [6, 6.07) is 21.3. The highest BCUT2D eigenvalue weighted by atomic mass is 35.5. The first-order valence-corrected chi connectivity index (χ1v) is 10.6. The van der Waals surface area contributed by atoms with Crippen LogP contribution in [0.4, 0.5) is 11.4 Å². The Balaban J connectivity index is 1.63. The fourth-order valence-electron chi connectivity index (χ4n) is 4.32. The van der Waals surface area contributed by atoms with Crippen LogP contribution in [0.2, 0.25) is 10.0 Å². The molecule has 3 atom stereocenters. The first-order chi connectivity index (χ1) is 15.0. The summed E-state index contributed by atoms with van der Waals surface area (Å²) in [5.74, 6) is -1.48. The third-order valence-electron chi connectivity index (χ3n) is 5.83. The van der Waals surface area contributed by atoms with Crippen molar-refractivity contribution >= 4 is 46.4 Å². The molecule has 156 valence electrons. The summed E-state index contributed by atoms with van der Waals surface area (Å²) >= 11 is 12.8. The van der Waals surface area contributed by atoms with Crippen LogP contribution in [-0.4, -0.2) is 17.9 Å². The van der Waals surface area contributed by atoms with Crippen molar-refractivity contribution in [3.8, 4) is 0 Å². The molecule has 0 radical (unpaired) electrons. The number of carbonyl (C=O) groups excluding carboxylic acids is 2. The lowest BCUT2D eigenvalue weighted by atomic mass is 9.90. The molecule has 3 aromatic rings. The summed E-state index contributed by atoms with van der Waals surface area (Å²) in [6.45, 7) is 1.79. The number of hydroxylamine groups is 1. The molecule has 7 heteroatoms. The third-order valence-corrected chi connectivity index (χ3v) is 6.58. The van der Waals surface area contributed by atoms with Crippen molar-refractivity contribution in [1.82, 2.24) is 0 Å². The van der Waals surface area contributed by atoms with Gasteiger partial charge in [-0.25, -0.2) is 9.96 Å². The molecule has 0 bridgehead atoms. The number of benzene rings is 3. The lowest BCUT2D eigenvalue weighted by Gasteiger charge is -2.29. The molecular formula is C24H18Cl2N2O3. The van der Waals surface area contributed by atoms with Gasteiger partial charge in [0.15, 0.2) is 6.10 Å². The second kappa shape index (κ2) is 7.68. The van der Waals surface area contributed by atoms with E-state index in [1.54, 1.807) is 36.3 Å². The summed E-state index contributed by atoms with van der Waals surface area (Å²) in [5, 5.41) is 2.63. The first-order valence-electron chi connectivity index (χ1n) is 9.87. The van der Waals surface area contributed by atoms with Crippen molar-refractivity contribution < 1.29 is 14.4 Å². The number of anilines is 2. The Morgan fingerprint density at radius 3 is 2.23 bits per heavy atom. The predicted octanol–water partition coefficient (Wildman–Crippen LogP) is 5.35. The van der Waals surface area contributed by atoms with Crippen molar-refractivity contribution in [2.75, 3.05) is 9.96 Å². The van der Waals surface area contributed by atoms with Crippen molar-refractivity contribution in [3.63, 3.8) is 0 Å². The Kier molecular flexibility index (Phi) is 4.97. The van der Waals surface area contributed by atoms with E-state index in [0.717, 1.165) is 11.3 Å². The largest absolute Gasteiger partial charge is 0.273 e. The maximum atomic E-state index is 13.6. The van der Waals surface area contributed by atoms with Gasteiger partial charge in [0, 0.05) is 10.0 Å². The number of hydrogen-bond acceptors (Lipinski definition) is 4. The molecular weight excluding hydrogens is 435 g/mol. The van der Waals surface area contributed by atoms with Crippen molar-refractivity contribution in [1.29, 1.82) is 0 Å². The normalized spacial score (nSPS) is 22.9. The zero-order valence-corrected chi connectivity index (χ0v) is 18.0. The summed E-state index contributed by atoms with van der Waals surface area (Å²) < 4.78 is 0. The van der Waals surface area contributed by atoms with Crippen LogP contribution in [0.25, 0.3) is 0 Å². The molecule has 0 aromatic heterocycles. The molecule has 31 heavy (non-hydrogen) atoms. The number of fused-ring (bicyclic) bond motifs is 1. The predicted molar refractivity (Wildman–Crippen MR) is 120 cm³/mol. The number of halogens is 2. The zero-order chi connectivity index (χ0) is 21.7. The van der Waals surface area contributed by atoms with E-state index < -0.39 is 24.0 Å². The summed E-state index contributed by atoms with van der Waals surface area (Å²) in [4.78, 5) is 34.3. The fourth-order valence-corrected chi connectivity index (χ4v) is 4.74. The zero-order valence-electron chi connectivity index (χ0n) is 16.5. The number of hydrogen-bond donors (Lipinski definition) is 0. The van der Waals surface area contributed by atoms with Gasteiger partial charge < -0.3 is 0 Å². The van der Waals surface area contributed by atoms with E-state index in [1.165, 1.54) is 4.90 Å². The van der Waals surface area contributed by atoms with E-state index >= 15 is 0 Å². The molecule has 5 nitrogen and oxygen atoms in total. The minimum atomic E-state index is -0.952. The maximum absolute atomic E-state index is 13.6. The average molecular weight is 453 g/mol. The highest BCUT2D eigenvalue weighted by molar-refractivity contribution is 6.33. The van der Waals surface area contributed by atoms with E-state index in [0.29, 0.717) is 21.3 Å². The Bertz CT molecular complexity index is 1180. The van der Waals surface area contributed by atoms with Crippen LogP contribution in [0, 0.1) is 12.8 Å². The topological polar surface area (TPSA) is 49.9 Å². The SMILES string of the molecule is Cc1c(Cl)cccc1N1C(=O)[C@@H]2[C@H](ON(c3ccccc3)[C@@H]2c2ccccc2Cl)C1=O. The Labute approximate surface area is 189 Å². The van der Waals surface area contributed by atoms with Crippen molar-refractivity contribution in [2.24, 2.45) is 5.92 Å². The molecule has 0 aliphatic carbocycles. The van der Waals surface area contributed by atoms with Crippen LogP contribution >= 0.6 is 23.2 Å². The third kappa shape index (κ3) is 3.12. The summed E-state index contributed by atoms with van der Waals surface area (Å²) in [5.41, 5.74) is 2.61. The molecule has 0 unspecified atom stereocenters. The van der Waals surface area contributed by atoms with Gasteiger partial charge in [0.05, 0.1) is 17.4 Å². The highest BCUT2D eigenvalue weighted by Gasteiger charge is 2.60. The van der Waals surface area contributed by atoms with E-state index in [2.05, 4.69) is 0 Å². The van der Waals surface area contributed by atoms with E-state index in [-0.39, 0.29) is 5.91 Å². The summed E-state index contributed by atoms with van der Waals surface area (Å²) in [6.07, 6.45) is -0.952. The number of rotatable bonds is 3. The molecule has 2 fully saturated rings. The Morgan fingerprint density at radius 1 is 0.806 bits per heavy atom. The minimum Gasteiger partial charge on any atom is -0.273 e. The number of nitrogens with zero attached hydrogens (tertiary/aromatic N) is 2. The summed E-state index contributed by atoms with van der Waals surface area (Å²) in [7, 11) is 0. The monoisotopic (exact) mass is 452 g/mol. The quantitative estimate of drug-likeness (QED) is 0.502. The van der Waals surface area contributed by atoms with Crippen LogP contribution in [-0.2, 0) is 14.4 Å². The van der Waals surface area contributed by atoms with Crippen LogP contribution in [0.5, 0.6) is 0 Å². The molecule has 2 aliphatic heterocycles. The fraction of sp³-hybridized carbons (Fsp3) is 0.167. The van der Waals surface area contributed by atoms with Crippen LogP contribution < -0.4 is 9.96 Å². The highest BCUT2D eigenvalue weighted by Crippen LogP contribution is 2.49. The number of imide groups is 1. The molecule has 2 aliphatic rings. The van der Waals surface area contributed by atoms with E-state index in [9.17, 15) is 9.59 Å². The number of amides is 2. The van der Waals surface area contributed by atoms with Gasteiger partial charge >= 0.3 is 0 Å².